The van der Waals surface area contributed by atoms with Gasteiger partial charge in [-0.1, -0.05) is 0 Å². The molecule has 2 bridgehead atoms. The normalized spacial score (nSPS) is 29.1. The summed E-state index contributed by atoms with van der Waals surface area (Å²) >= 11 is 0. The Morgan fingerprint density at radius 1 is 1.13 bits per heavy atom. The molecule has 3 aliphatic rings. The SMILES string of the molecule is COc1ccc(NC(=O)[C@H]2C3CCC(CC3)[C@@H]2C(=O)O)c(C)c1. The summed E-state index contributed by atoms with van der Waals surface area (Å²) in [5, 5.41) is 12.5. The summed E-state index contributed by atoms with van der Waals surface area (Å²) in [6.07, 6.45) is 3.81. The van der Waals surface area contributed by atoms with Crippen molar-refractivity contribution >= 4 is 17.6 Å². The summed E-state index contributed by atoms with van der Waals surface area (Å²) in [5.74, 6) is -0.862. The Bertz CT molecular complexity index is 619. The lowest BCUT2D eigenvalue weighted by molar-refractivity contribution is -0.156. The third-order valence-electron chi connectivity index (χ3n) is 5.50. The van der Waals surface area contributed by atoms with Gasteiger partial charge in [0.15, 0.2) is 0 Å². The smallest absolute Gasteiger partial charge is 0.307 e. The molecular weight excluding hydrogens is 294 g/mol. The minimum Gasteiger partial charge on any atom is -0.497 e. The molecule has 2 atom stereocenters. The highest BCUT2D eigenvalue weighted by Crippen LogP contribution is 2.49. The van der Waals surface area contributed by atoms with Crippen LogP contribution in [-0.4, -0.2) is 24.1 Å². The fraction of sp³-hybridized carbons (Fsp3) is 0.556. The standard InChI is InChI=1S/C18H23NO4/c1-10-9-13(23-2)7-8-14(10)19-17(20)15-11-3-5-12(6-4-11)16(15)18(21)22/h7-9,11-12,15-16H,3-6H2,1-2H3,(H,19,20)(H,21,22)/t11?,12?,15-,16-/m0/s1. The molecule has 3 fully saturated rings. The monoisotopic (exact) mass is 317 g/mol. The van der Waals surface area contributed by atoms with Gasteiger partial charge in [0.05, 0.1) is 18.9 Å². The number of carboxylic acid groups (broad SMARTS) is 1. The molecule has 3 aliphatic carbocycles. The number of hydrogen-bond acceptors (Lipinski definition) is 3. The number of aliphatic carboxylic acids is 1. The highest BCUT2D eigenvalue weighted by molar-refractivity contribution is 5.96. The fourth-order valence-electron chi connectivity index (χ4n) is 4.30. The number of carboxylic acids is 1. The van der Waals surface area contributed by atoms with Crippen LogP contribution in [0.3, 0.4) is 0 Å². The molecule has 124 valence electrons. The highest BCUT2D eigenvalue weighted by Gasteiger charge is 2.50. The van der Waals surface area contributed by atoms with Crippen molar-refractivity contribution in [2.24, 2.45) is 23.7 Å². The lowest BCUT2D eigenvalue weighted by atomic mass is 9.58. The van der Waals surface area contributed by atoms with E-state index < -0.39 is 17.8 Å². The van der Waals surface area contributed by atoms with E-state index in [1.807, 2.05) is 19.1 Å². The topological polar surface area (TPSA) is 75.6 Å². The van der Waals surface area contributed by atoms with Crippen LogP contribution in [0.2, 0.25) is 0 Å². The molecule has 0 radical (unpaired) electrons. The van der Waals surface area contributed by atoms with E-state index in [0.29, 0.717) is 0 Å². The molecule has 23 heavy (non-hydrogen) atoms. The van der Waals surface area contributed by atoms with E-state index in [-0.39, 0.29) is 17.7 Å². The van der Waals surface area contributed by atoms with Crippen LogP contribution < -0.4 is 10.1 Å². The molecule has 1 aromatic carbocycles. The molecule has 0 aliphatic heterocycles. The molecule has 5 heteroatoms. The van der Waals surface area contributed by atoms with E-state index in [4.69, 9.17) is 4.74 Å². The average molecular weight is 317 g/mol. The Morgan fingerprint density at radius 2 is 1.74 bits per heavy atom. The first-order valence-corrected chi connectivity index (χ1v) is 8.19. The maximum absolute atomic E-state index is 12.8. The summed E-state index contributed by atoms with van der Waals surface area (Å²) in [7, 11) is 1.60. The van der Waals surface area contributed by atoms with E-state index in [9.17, 15) is 14.7 Å². The first-order valence-electron chi connectivity index (χ1n) is 8.19. The fourth-order valence-corrected chi connectivity index (χ4v) is 4.30. The van der Waals surface area contributed by atoms with Crippen molar-refractivity contribution in [1.82, 2.24) is 0 Å². The van der Waals surface area contributed by atoms with Crippen molar-refractivity contribution in [3.05, 3.63) is 23.8 Å². The van der Waals surface area contributed by atoms with Crippen molar-refractivity contribution in [1.29, 1.82) is 0 Å². The zero-order chi connectivity index (χ0) is 16.6. The van der Waals surface area contributed by atoms with Gasteiger partial charge in [0.1, 0.15) is 5.75 Å². The number of fused-ring (bicyclic) bond motifs is 3. The molecule has 0 unspecified atom stereocenters. The molecule has 1 aromatic rings. The first kappa shape index (κ1) is 15.8. The van der Waals surface area contributed by atoms with Gasteiger partial charge >= 0.3 is 5.97 Å². The van der Waals surface area contributed by atoms with Crippen molar-refractivity contribution in [3.8, 4) is 5.75 Å². The predicted molar refractivity (Wildman–Crippen MR) is 86.4 cm³/mol. The second-order valence-corrected chi connectivity index (χ2v) is 6.73. The molecule has 5 nitrogen and oxygen atoms in total. The third-order valence-corrected chi connectivity index (χ3v) is 5.50. The van der Waals surface area contributed by atoms with Crippen molar-refractivity contribution in [3.63, 3.8) is 0 Å². The van der Waals surface area contributed by atoms with Crippen LogP contribution in [0.1, 0.15) is 31.2 Å². The Hall–Kier alpha value is -2.04. The predicted octanol–water partition coefficient (Wildman–Crippen LogP) is 3.08. The largest absolute Gasteiger partial charge is 0.497 e. The molecule has 1 amide bonds. The summed E-state index contributed by atoms with van der Waals surface area (Å²) in [6.45, 7) is 1.90. The van der Waals surface area contributed by atoms with Crippen LogP contribution in [0.5, 0.6) is 5.75 Å². The van der Waals surface area contributed by atoms with E-state index >= 15 is 0 Å². The molecule has 3 saturated carbocycles. The average Bonchev–Trinajstić information content (AvgIpc) is 2.56. The van der Waals surface area contributed by atoms with Crippen LogP contribution in [0.15, 0.2) is 18.2 Å². The van der Waals surface area contributed by atoms with E-state index in [0.717, 1.165) is 42.7 Å². The van der Waals surface area contributed by atoms with Crippen LogP contribution >= 0.6 is 0 Å². The summed E-state index contributed by atoms with van der Waals surface area (Å²) < 4.78 is 5.17. The van der Waals surface area contributed by atoms with Crippen molar-refractivity contribution in [2.45, 2.75) is 32.6 Å². The zero-order valence-electron chi connectivity index (χ0n) is 13.5. The quantitative estimate of drug-likeness (QED) is 0.895. The lowest BCUT2D eigenvalue weighted by Crippen LogP contribution is -2.49. The van der Waals surface area contributed by atoms with Gasteiger partial charge in [0.25, 0.3) is 0 Å². The molecule has 0 saturated heterocycles. The molecule has 4 rings (SSSR count). The number of amides is 1. The summed E-state index contributed by atoms with van der Waals surface area (Å²) in [6, 6.07) is 5.46. The zero-order valence-corrected chi connectivity index (χ0v) is 13.5. The van der Waals surface area contributed by atoms with Crippen LogP contribution in [-0.2, 0) is 9.59 Å². The third kappa shape index (κ3) is 2.92. The van der Waals surface area contributed by atoms with Crippen LogP contribution in [0.4, 0.5) is 5.69 Å². The number of rotatable bonds is 4. The first-order chi connectivity index (χ1) is 11.0. The van der Waals surface area contributed by atoms with E-state index in [1.54, 1.807) is 13.2 Å². The second-order valence-electron chi connectivity index (χ2n) is 6.73. The Kier molecular flexibility index (Phi) is 4.28. The van der Waals surface area contributed by atoms with Gasteiger partial charge in [0, 0.05) is 5.69 Å². The van der Waals surface area contributed by atoms with Gasteiger partial charge in [0.2, 0.25) is 5.91 Å². The number of benzene rings is 1. The van der Waals surface area contributed by atoms with Gasteiger partial charge in [-0.3, -0.25) is 9.59 Å². The van der Waals surface area contributed by atoms with Crippen LogP contribution in [0.25, 0.3) is 0 Å². The number of aryl methyl sites for hydroxylation is 1. The maximum atomic E-state index is 12.8. The molecular formula is C18H23NO4. The minimum atomic E-state index is -0.828. The molecule has 0 aromatic heterocycles. The number of ether oxygens (including phenoxy) is 1. The summed E-state index contributed by atoms with van der Waals surface area (Å²) in [4.78, 5) is 24.4. The minimum absolute atomic E-state index is 0.144. The van der Waals surface area contributed by atoms with E-state index in [2.05, 4.69) is 5.32 Å². The van der Waals surface area contributed by atoms with Gasteiger partial charge in [-0.25, -0.2) is 0 Å². The number of hydrogen-bond donors (Lipinski definition) is 2. The second kappa shape index (κ2) is 6.22. The van der Waals surface area contributed by atoms with E-state index in [1.165, 1.54) is 0 Å². The molecule has 0 spiro atoms. The Labute approximate surface area is 136 Å². The maximum Gasteiger partial charge on any atom is 0.307 e. The molecule has 0 heterocycles. The number of carbonyl (C=O) groups is 2. The van der Waals surface area contributed by atoms with Gasteiger partial charge in [-0.15, -0.1) is 0 Å². The lowest BCUT2D eigenvalue weighted by Gasteiger charge is -2.45. The van der Waals surface area contributed by atoms with Crippen LogP contribution in [0, 0.1) is 30.6 Å². The van der Waals surface area contributed by atoms with Crippen molar-refractivity contribution < 1.29 is 19.4 Å². The van der Waals surface area contributed by atoms with Crippen molar-refractivity contribution in [2.75, 3.05) is 12.4 Å². The van der Waals surface area contributed by atoms with Gasteiger partial charge < -0.3 is 15.2 Å². The number of nitrogens with one attached hydrogen (secondary N) is 1. The van der Waals surface area contributed by atoms with Gasteiger partial charge in [-0.2, -0.15) is 0 Å². The van der Waals surface area contributed by atoms with Gasteiger partial charge in [-0.05, 0) is 68.2 Å². The number of methoxy groups -OCH3 is 1. The highest BCUT2D eigenvalue weighted by atomic mass is 16.5. The Balaban J connectivity index is 1.80. The number of anilines is 1. The molecule has 2 N–H and O–H groups in total. The summed E-state index contributed by atoms with van der Waals surface area (Å²) in [5.41, 5.74) is 1.63. The Morgan fingerprint density at radius 3 is 2.26 bits per heavy atom. The number of carbonyl (C=O) groups excluding carboxylic acids is 1.